The van der Waals surface area contributed by atoms with Crippen molar-refractivity contribution in [2.75, 3.05) is 12.0 Å². The van der Waals surface area contributed by atoms with Crippen molar-refractivity contribution >= 4 is 11.8 Å². The van der Waals surface area contributed by atoms with Gasteiger partial charge in [0.2, 0.25) is 0 Å². The average molecular weight is 228 g/mol. The molecule has 0 bridgehead atoms. The van der Waals surface area contributed by atoms with Crippen LogP contribution in [0.15, 0.2) is 0 Å². The third-order valence-corrected chi connectivity index (χ3v) is 3.33. The van der Waals surface area contributed by atoms with E-state index in [1.807, 2.05) is 30.3 Å². The predicted octanol–water partition coefficient (Wildman–Crippen LogP) is 1.35. The van der Waals surface area contributed by atoms with E-state index < -0.39 is 0 Å². The van der Waals surface area contributed by atoms with Gasteiger partial charge in [0, 0.05) is 18.8 Å². The molecule has 0 fully saturated rings. The summed E-state index contributed by atoms with van der Waals surface area (Å²) in [7, 11) is 2.00. The molecule has 0 aliphatic heterocycles. The molecule has 5 heteroatoms. The minimum Gasteiger partial charge on any atom is -0.317 e. The number of nitrogens with one attached hydrogen (secondary N) is 1. The zero-order valence-corrected chi connectivity index (χ0v) is 10.8. The quantitative estimate of drug-likeness (QED) is 0.798. The molecule has 0 spiro atoms. The van der Waals surface area contributed by atoms with Gasteiger partial charge in [-0.3, -0.25) is 0 Å². The number of aromatic nitrogens is 3. The van der Waals surface area contributed by atoms with E-state index in [2.05, 4.69) is 28.7 Å². The van der Waals surface area contributed by atoms with Crippen LogP contribution in [0.3, 0.4) is 0 Å². The normalized spacial score (nSPS) is 13.1. The van der Waals surface area contributed by atoms with Crippen molar-refractivity contribution in [1.29, 1.82) is 0 Å². The highest BCUT2D eigenvalue weighted by Crippen LogP contribution is 2.03. The minimum atomic E-state index is 0.567. The Hall–Kier alpha value is -0.550. The second kappa shape index (κ2) is 6.12. The van der Waals surface area contributed by atoms with Crippen LogP contribution in [0, 0.1) is 6.92 Å². The van der Waals surface area contributed by atoms with E-state index in [1.165, 1.54) is 0 Å². The molecule has 1 heterocycles. The number of aryl methyl sites for hydroxylation is 1. The first-order chi connectivity index (χ1) is 7.19. The maximum Gasteiger partial charge on any atom is 0.146 e. The summed E-state index contributed by atoms with van der Waals surface area (Å²) in [6.45, 7) is 4.97. The SMILES string of the molecule is CCC(CSC)NCc1nnc(C)n1C. The highest BCUT2D eigenvalue weighted by molar-refractivity contribution is 7.98. The van der Waals surface area contributed by atoms with Crippen molar-refractivity contribution in [3.63, 3.8) is 0 Å². The maximum absolute atomic E-state index is 4.13. The van der Waals surface area contributed by atoms with Gasteiger partial charge in [-0.2, -0.15) is 11.8 Å². The minimum absolute atomic E-state index is 0.567. The van der Waals surface area contributed by atoms with E-state index in [9.17, 15) is 0 Å². The molecular weight excluding hydrogens is 208 g/mol. The van der Waals surface area contributed by atoms with E-state index in [1.54, 1.807) is 0 Å². The summed E-state index contributed by atoms with van der Waals surface area (Å²) in [5.74, 6) is 3.12. The van der Waals surface area contributed by atoms with Crippen molar-refractivity contribution < 1.29 is 0 Å². The monoisotopic (exact) mass is 228 g/mol. The fraction of sp³-hybridized carbons (Fsp3) is 0.800. The third kappa shape index (κ3) is 3.50. The van der Waals surface area contributed by atoms with Gasteiger partial charge >= 0.3 is 0 Å². The summed E-state index contributed by atoms with van der Waals surface area (Å²) in [5, 5.41) is 11.7. The predicted molar refractivity (Wildman–Crippen MR) is 65.0 cm³/mol. The van der Waals surface area contributed by atoms with E-state index in [4.69, 9.17) is 0 Å². The number of hydrogen-bond donors (Lipinski definition) is 1. The zero-order chi connectivity index (χ0) is 11.3. The Morgan fingerprint density at radius 3 is 2.67 bits per heavy atom. The molecule has 1 aromatic heterocycles. The molecule has 0 aliphatic rings. The Morgan fingerprint density at radius 2 is 2.20 bits per heavy atom. The molecule has 1 unspecified atom stereocenters. The van der Waals surface area contributed by atoms with Gasteiger partial charge in [0.15, 0.2) is 0 Å². The van der Waals surface area contributed by atoms with Gasteiger partial charge in [-0.05, 0) is 19.6 Å². The Bertz CT molecular complexity index is 298. The first-order valence-corrected chi connectivity index (χ1v) is 6.65. The average Bonchev–Trinajstić information content (AvgIpc) is 2.55. The van der Waals surface area contributed by atoms with Crippen LogP contribution in [0.25, 0.3) is 0 Å². The molecular formula is C10H20N4S. The molecule has 0 saturated carbocycles. The molecule has 0 amide bonds. The molecule has 0 aliphatic carbocycles. The van der Waals surface area contributed by atoms with Crippen molar-refractivity contribution in [1.82, 2.24) is 20.1 Å². The van der Waals surface area contributed by atoms with E-state index in [0.29, 0.717) is 6.04 Å². The highest BCUT2D eigenvalue weighted by atomic mass is 32.2. The Balaban J connectivity index is 2.45. The molecule has 1 N–H and O–H groups in total. The largest absolute Gasteiger partial charge is 0.317 e. The molecule has 15 heavy (non-hydrogen) atoms. The van der Waals surface area contributed by atoms with Crippen LogP contribution in [-0.2, 0) is 13.6 Å². The van der Waals surface area contributed by atoms with Gasteiger partial charge in [0.1, 0.15) is 11.6 Å². The summed E-state index contributed by atoms with van der Waals surface area (Å²) in [6, 6.07) is 0.567. The number of rotatable bonds is 6. The van der Waals surface area contributed by atoms with E-state index in [0.717, 1.165) is 30.4 Å². The molecule has 1 aromatic rings. The van der Waals surface area contributed by atoms with Crippen LogP contribution in [-0.4, -0.2) is 32.8 Å². The summed E-state index contributed by atoms with van der Waals surface area (Å²) >= 11 is 1.87. The molecule has 4 nitrogen and oxygen atoms in total. The molecule has 1 rings (SSSR count). The fourth-order valence-electron chi connectivity index (χ4n) is 1.36. The van der Waals surface area contributed by atoms with Crippen LogP contribution in [0.5, 0.6) is 0 Å². The van der Waals surface area contributed by atoms with Crippen LogP contribution in [0.1, 0.15) is 25.0 Å². The maximum atomic E-state index is 4.13. The van der Waals surface area contributed by atoms with Crippen LogP contribution in [0.2, 0.25) is 0 Å². The smallest absolute Gasteiger partial charge is 0.146 e. The summed E-state index contributed by atoms with van der Waals surface area (Å²) in [4.78, 5) is 0. The van der Waals surface area contributed by atoms with Crippen LogP contribution >= 0.6 is 11.8 Å². The lowest BCUT2D eigenvalue weighted by molar-refractivity contribution is 0.521. The van der Waals surface area contributed by atoms with Crippen LogP contribution < -0.4 is 5.32 Å². The van der Waals surface area contributed by atoms with Crippen LogP contribution in [0.4, 0.5) is 0 Å². The Kier molecular flexibility index (Phi) is 5.11. The second-order valence-corrected chi connectivity index (χ2v) is 4.57. The fourth-order valence-corrected chi connectivity index (χ4v) is 2.12. The topological polar surface area (TPSA) is 42.7 Å². The van der Waals surface area contributed by atoms with E-state index in [-0.39, 0.29) is 0 Å². The van der Waals surface area contributed by atoms with Gasteiger partial charge < -0.3 is 9.88 Å². The van der Waals surface area contributed by atoms with Crippen molar-refractivity contribution in [2.45, 2.75) is 32.9 Å². The lowest BCUT2D eigenvalue weighted by Crippen LogP contribution is -2.31. The Morgan fingerprint density at radius 1 is 1.47 bits per heavy atom. The molecule has 1 atom stereocenters. The number of hydrogen-bond acceptors (Lipinski definition) is 4. The molecule has 86 valence electrons. The molecule has 0 radical (unpaired) electrons. The summed E-state index contributed by atoms with van der Waals surface area (Å²) in [6.07, 6.45) is 3.29. The van der Waals surface area contributed by atoms with Crippen molar-refractivity contribution in [2.24, 2.45) is 7.05 Å². The number of thioether (sulfide) groups is 1. The van der Waals surface area contributed by atoms with Gasteiger partial charge in [-0.1, -0.05) is 6.92 Å². The van der Waals surface area contributed by atoms with Gasteiger partial charge in [0.05, 0.1) is 6.54 Å². The summed E-state index contributed by atoms with van der Waals surface area (Å²) in [5.41, 5.74) is 0. The Labute approximate surface area is 95.9 Å². The first-order valence-electron chi connectivity index (χ1n) is 5.26. The van der Waals surface area contributed by atoms with Crippen molar-refractivity contribution in [3.8, 4) is 0 Å². The lowest BCUT2D eigenvalue weighted by Gasteiger charge is -2.14. The summed E-state index contributed by atoms with van der Waals surface area (Å²) < 4.78 is 2.03. The standard InChI is InChI=1S/C10H20N4S/c1-5-9(7-15-4)11-6-10-13-12-8(2)14(10)3/h9,11H,5-7H2,1-4H3. The molecule has 0 saturated heterocycles. The molecule has 0 aromatic carbocycles. The van der Waals surface area contributed by atoms with Gasteiger partial charge in [-0.25, -0.2) is 0 Å². The van der Waals surface area contributed by atoms with Crippen molar-refractivity contribution in [3.05, 3.63) is 11.6 Å². The number of nitrogens with zero attached hydrogens (tertiary/aromatic N) is 3. The zero-order valence-electron chi connectivity index (χ0n) is 9.95. The third-order valence-electron chi connectivity index (χ3n) is 2.59. The second-order valence-electron chi connectivity index (χ2n) is 3.66. The van der Waals surface area contributed by atoms with Gasteiger partial charge in [-0.15, -0.1) is 10.2 Å². The lowest BCUT2D eigenvalue weighted by atomic mass is 10.2. The first kappa shape index (κ1) is 12.5. The van der Waals surface area contributed by atoms with E-state index >= 15 is 0 Å². The van der Waals surface area contributed by atoms with Gasteiger partial charge in [0.25, 0.3) is 0 Å². The highest BCUT2D eigenvalue weighted by Gasteiger charge is 2.08.